The van der Waals surface area contributed by atoms with Gasteiger partial charge in [0.05, 0.1) is 12.4 Å². The molecule has 1 unspecified atom stereocenters. The summed E-state index contributed by atoms with van der Waals surface area (Å²) >= 11 is 1.36. The van der Waals surface area contributed by atoms with E-state index in [2.05, 4.69) is 5.32 Å². The van der Waals surface area contributed by atoms with Gasteiger partial charge in [0.2, 0.25) is 5.91 Å². The molecule has 0 aromatic heterocycles. The Balaban J connectivity index is 2.42. The van der Waals surface area contributed by atoms with E-state index in [1.165, 1.54) is 11.8 Å². The number of aliphatic carboxylic acids is 1. The Morgan fingerprint density at radius 1 is 1.30 bits per heavy atom. The number of thioether (sulfide) groups is 1. The van der Waals surface area contributed by atoms with Crippen molar-refractivity contribution in [1.82, 2.24) is 5.32 Å². The largest absolute Gasteiger partial charge is 0.494 e. The van der Waals surface area contributed by atoms with Gasteiger partial charge in [-0.25, -0.2) is 4.79 Å². The minimum absolute atomic E-state index is 0.192. The first-order valence-corrected chi connectivity index (χ1v) is 7.43. The molecule has 1 aromatic rings. The van der Waals surface area contributed by atoms with Crippen molar-refractivity contribution in [3.8, 4) is 5.75 Å². The van der Waals surface area contributed by atoms with Crippen molar-refractivity contribution in [2.24, 2.45) is 0 Å². The summed E-state index contributed by atoms with van der Waals surface area (Å²) in [5.41, 5.74) is 0. The van der Waals surface area contributed by atoms with Crippen molar-refractivity contribution in [2.45, 2.75) is 31.2 Å². The van der Waals surface area contributed by atoms with E-state index in [1.807, 2.05) is 31.2 Å². The third kappa shape index (κ3) is 5.52. The molecule has 0 aliphatic carbocycles. The molecule has 0 spiro atoms. The van der Waals surface area contributed by atoms with E-state index in [-0.39, 0.29) is 11.7 Å². The summed E-state index contributed by atoms with van der Waals surface area (Å²) in [4.78, 5) is 23.4. The number of hydrogen-bond donors (Lipinski definition) is 2. The molecule has 0 saturated carbocycles. The summed E-state index contributed by atoms with van der Waals surface area (Å²) in [6.45, 7) is 4.25. The van der Waals surface area contributed by atoms with E-state index in [1.54, 1.807) is 6.92 Å². The molecular formula is C14H19NO4S. The second kappa shape index (κ2) is 8.47. The Hall–Kier alpha value is -1.69. The first kappa shape index (κ1) is 16.4. The van der Waals surface area contributed by atoms with Crippen LogP contribution >= 0.6 is 11.8 Å². The summed E-state index contributed by atoms with van der Waals surface area (Å²) in [6, 6.07) is 6.61. The molecule has 110 valence electrons. The fourth-order valence-electron chi connectivity index (χ4n) is 1.52. The lowest BCUT2D eigenvalue weighted by molar-refractivity contribution is -0.141. The van der Waals surface area contributed by atoms with Gasteiger partial charge in [0, 0.05) is 4.90 Å². The first-order chi connectivity index (χ1) is 9.56. The third-order valence-electron chi connectivity index (χ3n) is 2.55. The van der Waals surface area contributed by atoms with Gasteiger partial charge in [-0.15, -0.1) is 11.8 Å². The van der Waals surface area contributed by atoms with E-state index in [9.17, 15) is 9.59 Å². The monoisotopic (exact) mass is 297 g/mol. The third-order valence-corrected chi connectivity index (χ3v) is 3.56. The number of ether oxygens (including phenoxy) is 1. The number of carboxylic acids is 1. The second-order valence-electron chi connectivity index (χ2n) is 4.06. The van der Waals surface area contributed by atoms with Crippen LogP contribution in [0.4, 0.5) is 0 Å². The van der Waals surface area contributed by atoms with Gasteiger partial charge in [-0.3, -0.25) is 4.79 Å². The molecule has 0 radical (unpaired) electrons. The molecule has 2 N–H and O–H groups in total. The van der Waals surface area contributed by atoms with E-state index >= 15 is 0 Å². The molecule has 0 heterocycles. The van der Waals surface area contributed by atoms with Gasteiger partial charge in [-0.2, -0.15) is 0 Å². The topological polar surface area (TPSA) is 75.6 Å². The Morgan fingerprint density at radius 2 is 1.95 bits per heavy atom. The van der Waals surface area contributed by atoms with Crippen LogP contribution < -0.4 is 10.1 Å². The van der Waals surface area contributed by atoms with Crippen LogP contribution in [-0.4, -0.2) is 35.4 Å². The number of benzene rings is 1. The first-order valence-electron chi connectivity index (χ1n) is 6.44. The standard InChI is InChI=1S/C14H19NO4S/c1-3-12(14(17)18)15-13(16)9-20-11-7-5-10(6-8-11)19-4-2/h5-8,12H,3-4,9H2,1-2H3,(H,15,16)(H,17,18). The van der Waals surface area contributed by atoms with Crippen molar-refractivity contribution in [2.75, 3.05) is 12.4 Å². The van der Waals surface area contributed by atoms with Gasteiger partial charge in [-0.05, 0) is 37.6 Å². The van der Waals surface area contributed by atoms with Crippen LogP contribution in [0.25, 0.3) is 0 Å². The maximum absolute atomic E-state index is 11.6. The molecule has 0 aliphatic heterocycles. The highest BCUT2D eigenvalue weighted by Crippen LogP contribution is 2.21. The zero-order valence-electron chi connectivity index (χ0n) is 11.6. The summed E-state index contributed by atoms with van der Waals surface area (Å²) in [5.74, 6) is -0.305. The molecule has 1 aromatic carbocycles. The number of carboxylic acid groups (broad SMARTS) is 1. The number of rotatable bonds is 8. The number of carbonyl (C=O) groups is 2. The predicted molar refractivity (Wildman–Crippen MR) is 78.2 cm³/mol. The highest BCUT2D eigenvalue weighted by Gasteiger charge is 2.17. The second-order valence-corrected chi connectivity index (χ2v) is 5.11. The van der Waals surface area contributed by atoms with Crippen LogP contribution in [0.15, 0.2) is 29.2 Å². The SMILES string of the molecule is CCOc1ccc(SCC(=O)NC(CC)C(=O)O)cc1. The van der Waals surface area contributed by atoms with Crippen LogP contribution in [0, 0.1) is 0 Å². The summed E-state index contributed by atoms with van der Waals surface area (Å²) in [5, 5.41) is 11.3. The van der Waals surface area contributed by atoms with Crippen LogP contribution in [0.1, 0.15) is 20.3 Å². The van der Waals surface area contributed by atoms with Gasteiger partial charge in [0.25, 0.3) is 0 Å². The van der Waals surface area contributed by atoms with Gasteiger partial charge in [0.1, 0.15) is 11.8 Å². The predicted octanol–water partition coefficient (Wildman–Crippen LogP) is 2.16. The number of carbonyl (C=O) groups excluding carboxylic acids is 1. The normalized spacial score (nSPS) is 11.7. The fraction of sp³-hybridized carbons (Fsp3) is 0.429. The highest BCUT2D eigenvalue weighted by atomic mass is 32.2. The molecule has 6 heteroatoms. The lowest BCUT2D eigenvalue weighted by atomic mass is 10.2. The zero-order chi connectivity index (χ0) is 15.0. The Morgan fingerprint density at radius 3 is 2.45 bits per heavy atom. The maximum Gasteiger partial charge on any atom is 0.326 e. The molecular weight excluding hydrogens is 278 g/mol. The Bertz CT molecular complexity index is 447. The summed E-state index contributed by atoms with van der Waals surface area (Å²) in [7, 11) is 0. The van der Waals surface area contributed by atoms with Crippen LogP contribution in [0.2, 0.25) is 0 Å². The van der Waals surface area contributed by atoms with E-state index in [0.717, 1.165) is 10.6 Å². The quantitative estimate of drug-likeness (QED) is 0.719. The molecule has 5 nitrogen and oxygen atoms in total. The average Bonchev–Trinajstić information content (AvgIpc) is 2.44. The Kier molecular flexibility index (Phi) is 6.93. The summed E-state index contributed by atoms with van der Waals surface area (Å²) < 4.78 is 5.33. The number of hydrogen-bond acceptors (Lipinski definition) is 4. The van der Waals surface area contributed by atoms with Crippen molar-refractivity contribution in [3.63, 3.8) is 0 Å². The van der Waals surface area contributed by atoms with Crippen molar-refractivity contribution in [3.05, 3.63) is 24.3 Å². The lowest BCUT2D eigenvalue weighted by Crippen LogP contribution is -2.41. The average molecular weight is 297 g/mol. The summed E-state index contributed by atoms with van der Waals surface area (Å²) in [6.07, 6.45) is 0.370. The van der Waals surface area contributed by atoms with E-state index in [4.69, 9.17) is 9.84 Å². The van der Waals surface area contributed by atoms with Gasteiger partial charge < -0.3 is 15.2 Å². The van der Waals surface area contributed by atoms with Gasteiger partial charge >= 0.3 is 5.97 Å². The fourth-order valence-corrected chi connectivity index (χ4v) is 2.23. The smallest absolute Gasteiger partial charge is 0.326 e. The lowest BCUT2D eigenvalue weighted by Gasteiger charge is -2.12. The van der Waals surface area contributed by atoms with Crippen LogP contribution in [0.3, 0.4) is 0 Å². The van der Waals surface area contributed by atoms with Crippen molar-refractivity contribution < 1.29 is 19.4 Å². The molecule has 0 aliphatic rings. The molecule has 1 rings (SSSR count). The highest BCUT2D eigenvalue weighted by molar-refractivity contribution is 8.00. The molecule has 20 heavy (non-hydrogen) atoms. The molecule has 0 fully saturated rings. The van der Waals surface area contributed by atoms with Crippen molar-refractivity contribution >= 4 is 23.6 Å². The van der Waals surface area contributed by atoms with Crippen LogP contribution in [0.5, 0.6) is 5.75 Å². The molecule has 0 bridgehead atoms. The minimum atomic E-state index is -1.01. The molecule has 0 saturated heterocycles. The van der Waals surface area contributed by atoms with Crippen LogP contribution in [-0.2, 0) is 9.59 Å². The molecule has 1 atom stereocenters. The number of amides is 1. The van der Waals surface area contributed by atoms with Gasteiger partial charge in [0.15, 0.2) is 0 Å². The number of nitrogens with one attached hydrogen (secondary N) is 1. The maximum atomic E-state index is 11.6. The Labute approximate surface area is 122 Å². The van der Waals surface area contributed by atoms with Crippen molar-refractivity contribution in [1.29, 1.82) is 0 Å². The van der Waals surface area contributed by atoms with E-state index < -0.39 is 12.0 Å². The zero-order valence-corrected chi connectivity index (χ0v) is 12.4. The van der Waals surface area contributed by atoms with E-state index in [0.29, 0.717) is 13.0 Å². The van der Waals surface area contributed by atoms with Gasteiger partial charge in [-0.1, -0.05) is 6.92 Å². The minimum Gasteiger partial charge on any atom is -0.494 e. The molecule has 1 amide bonds.